The molecule has 0 fully saturated rings. The Morgan fingerprint density at radius 1 is 0.292 bits per heavy atom. The fraction of sp³-hybridized carbons (Fsp3) is 0. The van der Waals surface area contributed by atoms with E-state index in [-0.39, 0.29) is 0 Å². The van der Waals surface area contributed by atoms with E-state index < -0.39 is 0 Å². The SMILES string of the molecule is c1ccc(-c2ccc(N(c3ccc(-c4ccc5ccccc5c4)cc3)c3ccc(-c4cc5cc6ccccc6cc5s4)cc3)cc2)cc1. The highest BCUT2D eigenvalue weighted by molar-refractivity contribution is 7.22. The van der Waals surface area contributed by atoms with Crippen molar-refractivity contribution in [2.75, 3.05) is 4.90 Å². The van der Waals surface area contributed by atoms with Crippen molar-refractivity contribution < 1.29 is 0 Å². The standard InChI is InChI=1S/C46H31NS/c1-2-8-32(9-3-1)34-16-22-42(23-17-34)47(43-24-18-35(19-25-43)40-15-14-33-10-4-5-11-37(33)28-40)44-26-20-36(21-27-44)45-31-41-29-38-12-6-7-13-39(38)30-46(41)48-45/h1-31H. The zero-order valence-electron chi connectivity index (χ0n) is 26.3. The number of thiophene rings is 1. The molecule has 0 aliphatic heterocycles. The van der Waals surface area contributed by atoms with Gasteiger partial charge >= 0.3 is 0 Å². The molecule has 0 N–H and O–H groups in total. The van der Waals surface area contributed by atoms with E-state index >= 15 is 0 Å². The second-order valence-corrected chi connectivity index (χ2v) is 13.3. The van der Waals surface area contributed by atoms with Gasteiger partial charge in [0.05, 0.1) is 0 Å². The summed E-state index contributed by atoms with van der Waals surface area (Å²) in [6, 6.07) is 68.2. The largest absolute Gasteiger partial charge is 0.311 e. The molecule has 0 radical (unpaired) electrons. The van der Waals surface area contributed by atoms with Crippen LogP contribution in [0.2, 0.25) is 0 Å². The van der Waals surface area contributed by atoms with E-state index in [4.69, 9.17) is 0 Å². The molecule has 0 spiro atoms. The summed E-state index contributed by atoms with van der Waals surface area (Å²) in [5.74, 6) is 0. The number of anilines is 3. The summed E-state index contributed by atoms with van der Waals surface area (Å²) < 4.78 is 1.32. The molecule has 226 valence electrons. The van der Waals surface area contributed by atoms with Crippen molar-refractivity contribution >= 4 is 60.0 Å². The Bertz CT molecular complexity index is 2470. The molecule has 1 heterocycles. The lowest BCUT2D eigenvalue weighted by Gasteiger charge is -2.26. The summed E-state index contributed by atoms with van der Waals surface area (Å²) >= 11 is 1.86. The molecule has 48 heavy (non-hydrogen) atoms. The topological polar surface area (TPSA) is 3.24 Å². The summed E-state index contributed by atoms with van der Waals surface area (Å²) in [5.41, 5.74) is 9.44. The molecule has 8 aromatic carbocycles. The van der Waals surface area contributed by atoms with Crippen LogP contribution < -0.4 is 4.90 Å². The van der Waals surface area contributed by atoms with Crippen LogP contribution in [-0.4, -0.2) is 0 Å². The van der Waals surface area contributed by atoms with Gasteiger partial charge in [-0.05, 0) is 115 Å². The highest BCUT2D eigenvalue weighted by Crippen LogP contribution is 2.40. The van der Waals surface area contributed by atoms with E-state index in [0.29, 0.717) is 0 Å². The van der Waals surface area contributed by atoms with Gasteiger partial charge in [0.25, 0.3) is 0 Å². The second-order valence-electron chi connectivity index (χ2n) is 12.3. The number of rotatable bonds is 6. The van der Waals surface area contributed by atoms with Gasteiger partial charge in [-0.25, -0.2) is 0 Å². The Morgan fingerprint density at radius 3 is 1.38 bits per heavy atom. The predicted octanol–water partition coefficient (Wildman–Crippen LogP) is 13.7. The van der Waals surface area contributed by atoms with Crippen molar-refractivity contribution in [3.8, 4) is 32.7 Å². The summed E-state index contributed by atoms with van der Waals surface area (Å²) in [6.07, 6.45) is 0. The normalized spacial score (nSPS) is 11.3. The van der Waals surface area contributed by atoms with Crippen LogP contribution in [0, 0.1) is 0 Å². The number of fused-ring (bicyclic) bond motifs is 3. The molecular weight excluding hydrogens is 599 g/mol. The van der Waals surface area contributed by atoms with E-state index in [1.54, 1.807) is 0 Å². The van der Waals surface area contributed by atoms with Crippen LogP contribution in [0.4, 0.5) is 17.1 Å². The Kier molecular flexibility index (Phi) is 7.07. The molecule has 0 saturated heterocycles. The zero-order chi connectivity index (χ0) is 31.9. The molecule has 0 aliphatic rings. The predicted molar refractivity (Wildman–Crippen MR) is 208 cm³/mol. The molecule has 0 aliphatic carbocycles. The first kappa shape index (κ1) is 28.3. The van der Waals surface area contributed by atoms with Crippen LogP contribution in [0.15, 0.2) is 188 Å². The maximum absolute atomic E-state index is 2.35. The van der Waals surface area contributed by atoms with Gasteiger partial charge in [0.15, 0.2) is 0 Å². The van der Waals surface area contributed by atoms with Crippen molar-refractivity contribution in [1.29, 1.82) is 0 Å². The van der Waals surface area contributed by atoms with Crippen LogP contribution in [0.25, 0.3) is 64.3 Å². The number of hydrogen-bond acceptors (Lipinski definition) is 2. The van der Waals surface area contributed by atoms with Gasteiger partial charge in [-0.15, -0.1) is 11.3 Å². The third-order valence-electron chi connectivity index (χ3n) is 9.24. The summed E-state index contributed by atoms with van der Waals surface area (Å²) in [4.78, 5) is 3.63. The Morgan fingerprint density at radius 2 is 0.750 bits per heavy atom. The average Bonchev–Trinajstić information content (AvgIpc) is 3.58. The molecule has 0 saturated carbocycles. The van der Waals surface area contributed by atoms with Crippen LogP contribution in [0.5, 0.6) is 0 Å². The minimum absolute atomic E-state index is 1.12. The molecule has 0 bridgehead atoms. The number of hydrogen-bond donors (Lipinski definition) is 0. The van der Waals surface area contributed by atoms with Gasteiger partial charge in [-0.3, -0.25) is 0 Å². The maximum Gasteiger partial charge on any atom is 0.0462 e. The van der Waals surface area contributed by atoms with Crippen LogP contribution in [-0.2, 0) is 0 Å². The molecule has 2 heteroatoms. The lowest BCUT2D eigenvalue weighted by Crippen LogP contribution is -2.09. The lowest BCUT2D eigenvalue weighted by atomic mass is 10.0. The molecule has 9 rings (SSSR count). The zero-order valence-corrected chi connectivity index (χ0v) is 27.1. The van der Waals surface area contributed by atoms with E-state index in [2.05, 4.69) is 193 Å². The van der Waals surface area contributed by atoms with Crippen molar-refractivity contribution in [1.82, 2.24) is 0 Å². The summed E-state index contributed by atoms with van der Waals surface area (Å²) in [5, 5.41) is 6.38. The number of benzene rings is 8. The van der Waals surface area contributed by atoms with Crippen molar-refractivity contribution in [3.63, 3.8) is 0 Å². The molecule has 1 nitrogen and oxygen atoms in total. The average molecular weight is 630 g/mol. The van der Waals surface area contributed by atoms with Crippen LogP contribution in [0.1, 0.15) is 0 Å². The van der Waals surface area contributed by atoms with Crippen molar-refractivity contribution in [2.24, 2.45) is 0 Å². The Balaban J connectivity index is 1.08. The molecule has 9 aromatic rings. The fourth-order valence-corrected chi connectivity index (χ4v) is 7.80. The first-order chi connectivity index (χ1) is 23.7. The fourth-order valence-electron chi connectivity index (χ4n) is 6.70. The second kappa shape index (κ2) is 12.0. The van der Waals surface area contributed by atoms with Crippen LogP contribution >= 0.6 is 11.3 Å². The first-order valence-electron chi connectivity index (χ1n) is 16.3. The molecule has 0 atom stereocenters. The molecule has 0 unspecified atom stereocenters. The minimum Gasteiger partial charge on any atom is -0.311 e. The van der Waals surface area contributed by atoms with Gasteiger partial charge in [0.2, 0.25) is 0 Å². The third-order valence-corrected chi connectivity index (χ3v) is 10.4. The van der Waals surface area contributed by atoms with Gasteiger partial charge in [0, 0.05) is 26.6 Å². The Hall–Kier alpha value is -5.96. The van der Waals surface area contributed by atoms with E-state index in [1.165, 1.54) is 64.3 Å². The van der Waals surface area contributed by atoms with E-state index in [9.17, 15) is 0 Å². The lowest BCUT2D eigenvalue weighted by molar-refractivity contribution is 1.28. The monoisotopic (exact) mass is 629 g/mol. The van der Waals surface area contributed by atoms with Gasteiger partial charge in [-0.2, -0.15) is 0 Å². The van der Waals surface area contributed by atoms with Gasteiger partial charge < -0.3 is 4.90 Å². The highest BCUT2D eigenvalue weighted by Gasteiger charge is 2.15. The summed E-state index contributed by atoms with van der Waals surface area (Å²) in [7, 11) is 0. The third kappa shape index (κ3) is 5.33. The van der Waals surface area contributed by atoms with Crippen LogP contribution in [0.3, 0.4) is 0 Å². The Labute approximate surface area is 284 Å². The van der Waals surface area contributed by atoms with Crippen molar-refractivity contribution in [3.05, 3.63) is 188 Å². The van der Waals surface area contributed by atoms with E-state index in [1.807, 2.05) is 11.3 Å². The van der Waals surface area contributed by atoms with E-state index in [0.717, 1.165) is 17.1 Å². The van der Waals surface area contributed by atoms with Gasteiger partial charge in [-0.1, -0.05) is 127 Å². The highest BCUT2D eigenvalue weighted by atomic mass is 32.1. The minimum atomic E-state index is 1.12. The number of nitrogens with zero attached hydrogens (tertiary/aromatic N) is 1. The first-order valence-corrected chi connectivity index (χ1v) is 17.1. The molecular formula is C46H31NS. The molecule has 0 amide bonds. The maximum atomic E-state index is 2.35. The van der Waals surface area contributed by atoms with Crippen molar-refractivity contribution in [2.45, 2.75) is 0 Å². The van der Waals surface area contributed by atoms with Gasteiger partial charge in [0.1, 0.15) is 0 Å². The summed E-state index contributed by atoms with van der Waals surface area (Å²) in [6.45, 7) is 0. The smallest absolute Gasteiger partial charge is 0.0462 e. The molecule has 1 aromatic heterocycles. The quantitative estimate of drug-likeness (QED) is 0.177.